The summed E-state index contributed by atoms with van der Waals surface area (Å²) in [5.74, 6) is 0.172. The number of hydrogen-bond donors (Lipinski definition) is 3. The lowest BCUT2D eigenvalue weighted by molar-refractivity contribution is -0.452. The first-order valence-electron chi connectivity index (χ1n) is 9.15. The average Bonchev–Trinajstić information content (AvgIpc) is 2.72. The van der Waals surface area contributed by atoms with Crippen molar-refractivity contribution >= 4 is 22.8 Å². The summed E-state index contributed by atoms with van der Waals surface area (Å²) in [6.45, 7) is 3.78. The molecule has 1 aromatic carbocycles. The van der Waals surface area contributed by atoms with E-state index in [1.54, 1.807) is 43.4 Å². The van der Waals surface area contributed by atoms with Gasteiger partial charge in [-0.2, -0.15) is 0 Å². The Labute approximate surface area is 169 Å². The average molecular weight is 390 g/mol. The largest absolute Gasteiger partial charge is 0.594 e. The van der Waals surface area contributed by atoms with Crippen LogP contribution in [0.2, 0.25) is 0 Å². The zero-order valence-electron chi connectivity index (χ0n) is 16.2. The number of hydrogen-bond acceptors (Lipinski definition) is 6. The zero-order valence-corrected chi connectivity index (χ0v) is 16.2. The highest BCUT2D eigenvalue weighted by atomic mass is 16.5. The van der Waals surface area contributed by atoms with Gasteiger partial charge >= 0.3 is 0 Å². The van der Waals surface area contributed by atoms with Crippen molar-refractivity contribution in [1.29, 1.82) is 0 Å². The fourth-order valence-electron chi connectivity index (χ4n) is 2.68. The Morgan fingerprint density at radius 2 is 2.00 bits per heavy atom. The van der Waals surface area contributed by atoms with Gasteiger partial charge in [0.05, 0.1) is 11.4 Å². The maximum atomic E-state index is 12.1. The van der Waals surface area contributed by atoms with Gasteiger partial charge in [-0.3, -0.25) is 4.79 Å². The van der Waals surface area contributed by atoms with Crippen LogP contribution in [-0.4, -0.2) is 15.8 Å². The molecule has 3 N–H and O–H groups in total. The minimum Gasteiger partial charge on any atom is -0.594 e. The van der Waals surface area contributed by atoms with E-state index >= 15 is 0 Å². The Bertz CT molecular complexity index is 1010. The third kappa shape index (κ3) is 5.32. The number of nitrogens with one attached hydrogen (secondary N) is 2. The Kier molecular flexibility index (Phi) is 6.09. The summed E-state index contributed by atoms with van der Waals surface area (Å²) in [6.07, 6.45) is 14.3. The van der Waals surface area contributed by atoms with Crippen LogP contribution in [0.3, 0.4) is 0 Å². The molecule has 0 amide bonds. The third-order valence-electron chi connectivity index (χ3n) is 4.36. The predicted molar refractivity (Wildman–Crippen MR) is 114 cm³/mol. The predicted octanol–water partition coefficient (Wildman–Crippen LogP) is 5.19. The SMILES string of the molecule is C/C=C(O)\C=C/C(C)C1=CNc2cc(N=[N+]([O-])C=C3C=CC(=O)C=C3)ccc2N1. The number of ketones is 1. The van der Waals surface area contributed by atoms with Gasteiger partial charge < -0.3 is 20.9 Å². The number of rotatable bonds is 5. The van der Waals surface area contributed by atoms with E-state index in [4.69, 9.17) is 0 Å². The molecule has 148 valence electrons. The first kappa shape index (κ1) is 19.9. The molecule has 1 atom stereocenters. The van der Waals surface area contributed by atoms with Crippen LogP contribution in [-0.2, 0) is 4.79 Å². The maximum absolute atomic E-state index is 12.1. The van der Waals surface area contributed by atoms with Gasteiger partial charge in [-0.05, 0) is 61.6 Å². The maximum Gasteiger partial charge on any atom is 0.217 e. The van der Waals surface area contributed by atoms with Gasteiger partial charge in [-0.1, -0.05) is 17.9 Å². The number of allylic oxidation sites excluding steroid dienone is 8. The van der Waals surface area contributed by atoms with Crippen LogP contribution in [0.4, 0.5) is 17.1 Å². The second kappa shape index (κ2) is 8.88. The molecule has 7 heteroatoms. The summed E-state index contributed by atoms with van der Waals surface area (Å²) >= 11 is 0. The number of azo groups is 1. The first-order chi connectivity index (χ1) is 13.9. The van der Waals surface area contributed by atoms with E-state index in [1.807, 2.05) is 25.3 Å². The topological polar surface area (TPSA) is 99.8 Å². The molecule has 1 aliphatic heterocycles. The van der Waals surface area contributed by atoms with Crippen LogP contribution in [0.5, 0.6) is 0 Å². The van der Waals surface area contributed by atoms with Crippen LogP contribution in [0, 0.1) is 11.1 Å². The lowest BCUT2D eigenvalue weighted by Crippen LogP contribution is -2.14. The molecule has 3 rings (SSSR count). The number of anilines is 2. The molecule has 29 heavy (non-hydrogen) atoms. The van der Waals surface area contributed by atoms with Crippen LogP contribution >= 0.6 is 0 Å². The van der Waals surface area contributed by atoms with Gasteiger partial charge in [-0.25, -0.2) is 0 Å². The van der Waals surface area contributed by atoms with Crippen molar-refractivity contribution in [3.05, 3.63) is 95.4 Å². The van der Waals surface area contributed by atoms with Crippen LogP contribution in [0.1, 0.15) is 13.8 Å². The van der Waals surface area contributed by atoms with E-state index < -0.39 is 0 Å². The first-order valence-corrected chi connectivity index (χ1v) is 9.15. The highest BCUT2D eigenvalue weighted by Crippen LogP contribution is 2.33. The van der Waals surface area contributed by atoms with Gasteiger partial charge in [0, 0.05) is 28.5 Å². The van der Waals surface area contributed by atoms with Crippen molar-refractivity contribution < 1.29 is 14.8 Å². The molecule has 1 aliphatic carbocycles. The van der Waals surface area contributed by atoms with Crippen molar-refractivity contribution in [3.8, 4) is 0 Å². The molecule has 2 aliphatic rings. The van der Waals surface area contributed by atoms with Crippen molar-refractivity contribution in [3.63, 3.8) is 0 Å². The lowest BCUT2D eigenvalue weighted by Gasteiger charge is -2.23. The highest BCUT2D eigenvalue weighted by molar-refractivity contribution is 6.01. The number of carbonyl (C=O) groups excluding carboxylic acids is 1. The summed E-state index contributed by atoms with van der Waals surface area (Å²) in [6, 6.07) is 5.34. The lowest BCUT2D eigenvalue weighted by atomic mass is 10.1. The molecule has 1 unspecified atom stereocenters. The standard InChI is InChI=1S/C22H22N4O3/c1-3-18(27)8-4-15(2)22-13-23-21-12-17(7-11-20(21)24-22)25-26(29)14-16-5-9-19(28)10-6-16/h3-15,23-24,27H,1-2H3/b8-4-,18-3+,26-25?. The summed E-state index contributed by atoms with van der Waals surface area (Å²) in [5, 5.41) is 32.1. The molecule has 0 radical (unpaired) electrons. The molecule has 1 heterocycles. The van der Waals surface area contributed by atoms with Crippen molar-refractivity contribution in [2.75, 3.05) is 10.6 Å². The summed E-state index contributed by atoms with van der Waals surface area (Å²) in [7, 11) is 0. The van der Waals surface area contributed by atoms with E-state index in [-0.39, 0.29) is 17.5 Å². The van der Waals surface area contributed by atoms with E-state index in [9.17, 15) is 15.1 Å². The quantitative estimate of drug-likeness (QED) is 0.211. The molecule has 0 spiro atoms. The Hall–Kier alpha value is -3.87. The van der Waals surface area contributed by atoms with E-state index in [2.05, 4.69) is 15.7 Å². The van der Waals surface area contributed by atoms with Gasteiger partial charge in [0.15, 0.2) is 5.78 Å². The third-order valence-corrected chi connectivity index (χ3v) is 4.36. The number of fused-ring (bicyclic) bond motifs is 1. The molecule has 0 saturated carbocycles. The minimum absolute atomic E-state index is 0.0642. The normalized spacial score (nSPS) is 17.5. The van der Waals surface area contributed by atoms with Gasteiger partial charge in [0.2, 0.25) is 6.20 Å². The number of benzene rings is 1. The smallest absolute Gasteiger partial charge is 0.217 e. The molecule has 1 aromatic rings. The van der Waals surface area contributed by atoms with Crippen molar-refractivity contribution in [1.82, 2.24) is 0 Å². The van der Waals surface area contributed by atoms with Crippen molar-refractivity contribution in [2.45, 2.75) is 13.8 Å². The molecule has 0 saturated heterocycles. The van der Waals surface area contributed by atoms with Crippen LogP contribution in [0.25, 0.3) is 0 Å². The second-order valence-corrected chi connectivity index (χ2v) is 6.56. The number of hydroxylamine groups is 1. The monoisotopic (exact) mass is 390 g/mol. The summed E-state index contributed by atoms with van der Waals surface area (Å²) < 4.78 is 0. The molecule has 0 aromatic heterocycles. The number of carbonyl (C=O) groups is 1. The van der Waals surface area contributed by atoms with Gasteiger partial charge in [0.25, 0.3) is 0 Å². The Morgan fingerprint density at radius 3 is 2.72 bits per heavy atom. The summed E-state index contributed by atoms with van der Waals surface area (Å²) in [5.41, 5.74) is 3.70. The summed E-state index contributed by atoms with van der Waals surface area (Å²) in [4.78, 5) is 11.6. The second-order valence-electron chi connectivity index (χ2n) is 6.56. The van der Waals surface area contributed by atoms with E-state index in [0.717, 1.165) is 17.1 Å². The molecule has 0 bridgehead atoms. The number of aliphatic hydroxyl groups excluding tert-OH is 1. The van der Waals surface area contributed by atoms with Gasteiger partial charge in [0.1, 0.15) is 11.4 Å². The van der Waals surface area contributed by atoms with E-state index in [0.29, 0.717) is 16.1 Å². The highest BCUT2D eigenvalue weighted by Gasteiger charge is 2.14. The Balaban J connectivity index is 1.71. The van der Waals surface area contributed by atoms with E-state index in [1.165, 1.54) is 18.4 Å². The molecular weight excluding hydrogens is 368 g/mol. The fourth-order valence-corrected chi connectivity index (χ4v) is 2.68. The molecule has 7 nitrogen and oxygen atoms in total. The van der Waals surface area contributed by atoms with Crippen LogP contribution < -0.4 is 10.6 Å². The Morgan fingerprint density at radius 1 is 1.24 bits per heavy atom. The minimum atomic E-state index is -0.110. The van der Waals surface area contributed by atoms with Crippen LogP contribution in [0.15, 0.2) is 95.3 Å². The number of nitrogens with zero attached hydrogens (tertiary/aromatic N) is 2. The van der Waals surface area contributed by atoms with Gasteiger partial charge in [-0.15, -0.1) is 0 Å². The zero-order chi connectivity index (χ0) is 20.8. The van der Waals surface area contributed by atoms with Crippen molar-refractivity contribution in [2.24, 2.45) is 11.0 Å². The molecular formula is C22H22N4O3. The number of aliphatic hydroxyl groups is 1. The molecule has 0 fully saturated rings. The fraction of sp³-hybridized carbons (Fsp3) is 0.136.